The smallest absolute Gasteiger partial charge is 0.0701 e. The summed E-state index contributed by atoms with van der Waals surface area (Å²) in [5.41, 5.74) is 0. The molecule has 1 aromatic heterocycles. The predicted octanol–water partition coefficient (Wildman–Crippen LogP) is 2.89. The van der Waals surface area contributed by atoms with Crippen LogP contribution in [0.3, 0.4) is 0 Å². The summed E-state index contributed by atoms with van der Waals surface area (Å²) < 4.78 is 1.22. The van der Waals surface area contributed by atoms with Gasteiger partial charge in [-0.3, -0.25) is 0 Å². The fourth-order valence-electron chi connectivity index (χ4n) is 1.44. The maximum absolute atomic E-state index is 3.49. The molecule has 0 fully saturated rings. The molecule has 0 unspecified atom stereocenters. The van der Waals surface area contributed by atoms with E-state index >= 15 is 0 Å². The van der Waals surface area contributed by atoms with Gasteiger partial charge in [-0.15, -0.1) is 11.3 Å². The van der Waals surface area contributed by atoms with Crippen molar-refractivity contribution in [1.29, 1.82) is 0 Å². The second-order valence-electron chi connectivity index (χ2n) is 4.10. The third kappa shape index (κ3) is 5.66. The van der Waals surface area contributed by atoms with Crippen molar-refractivity contribution >= 4 is 27.3 Å². The third-order valence-corrected chi connectivity index (χ3v) is 3.81. The average molecular weight is 291 g/mol. The van der Waals surface area contributed by atoms with E-state index in [1.165, 1.54) is 21.6 Å². The van der Waals surface area contributed by atoms with Gasteiger partial charge in [0.2, 0.25) is 0 Å². The first kappa shape index (κ1) is 13.2. The summed E-state index contributed by atoms with van der Waals surface area (Å²) in [6.07, 6.45) is 1.23. The first-order chi connectivity index (χ1) is 7.08. The molecule has 15 heavy (non-hydrogen) atoms. The van der Waals surface area contributed by atoms with Crippen molar-refractivity contribution in [3.63, 3.8) is 0 Å². The van der Waals surface area contributed by atoms with Crippen molar-refractivity contribution < 1.29 is 0 Å². The van der Waals surface area contributed by atoms with Crippen molar-refractivity contribution in [1.82, 2.24) is 9.80 Å². The molecule has 1 aromatic rings. The molecule has 0 radical (unpaired) electrons. The number of thiophene rings is 1. The Hall–Kier alpha value is 0.1000. The molecule has 0 amide bonds. The zero-order valence-electron chi connectivity index (χ0n) is 9.66. The molecule has 0 N–H and O–H groups in total. The van der Waals surface area contributed by atoms with E-state index in [0.29, 0.717) is 0 Å². The van der Waals surface area contributed by atoms with Gasteiger partial charge in [0.1, 0.15) is 0 Å². The van der Waals surface area contributed by atoms with Crippen molar-refractivity contribution in [3.05, 3.63) is 20.8 Å². The molecule has 0 atom stereocenters. The van der Waals surface area contributed by atoms with Crippen LogP contribution in [0.1, 0.15) is 11.3 Å². The van der Waals surface area contributed by atoms with Crippen molar-refractivity contribution in [2.75, 3.05) is 34.2 Å². The topological polar surface area (TPSA) is 6.48 Å². The highest BCUT2D eigenvalue weighted by molar-refractivity contribution is 9.11. The Morgan fingerprint density at radius 2 is 1.93 bits per heavy atom. The SMILES string of the molecule is CN(C)CCCN(C)Cc1ccc(Br)s1. The van der Waals surface area contributed by atoms with Gasteiger partial charge in [-0.2, -0.15) is 0 Å². The van der Waals surface area contributed by atoms with Crippen LogP contribution in [-0.4, -0.2) is 44.0 Å². The molecule has 0 spiro atoms. The molecular formula is C11H19BrN2S. The predicted molar refractivity (Wildman–Crippen MR) is 71.5 cm³/mol. The fraction of sp³-hybridized carbons (Fsp3) is 0.636. The molecule has 1 rings (SSSR count). The van der Waals surface area contributed by atoms with E-state index in [1.807, 2.05) is 11.3 Å². The summed E-state index contributed by atoms with van der Waals surface area (Å²) in [5.74, 6) is 0. The molecule has 0 aliphatic rings. The number of hydrogen-bond acceptors (Lipinski definition) is 3. The normalized spacial score (nSPS) is 11.6. The minimum atomic E-state index is 1.06. The summed E-state index contributed by atoms with van der Waals surface area (Å²) in [7, 11) is 6.43. The van der Waals surface area contributed by atoms with Crippen LogP contribution in [0.25, 0.3) is 0 Å². The summed E-state index contributed by atoms with van der Waals surface area (Å²) >= 11 is 5.31. The van der Waals surface area contributed by atoms with Gasteiger partial charge >= 0.3 is 0 Å². The van der Waals surface area contributed by atoms with E-state index in [1.54, 1.807) is 0 Å². The van der Waals surface area contributed by atoms with E-state index < -0.39 is 0 Å². The Bertz CT molecular complexity index is 286. The van der Waals surface area contributed by atoms with E-state index in [4.69, 9.17) is 0 Å². The lowest BCUT2D eigenvalue weighted by Crippen LogP contribution is -2.23. The Morgan fingerprint density at radius 3 is 2.47 bits per heavy atom. The monoisotopic (exact) mass is 290 g/mol. The number of hydrogen-bond donors (Lipinski definition) is 0. The van der Waals surface area contributed by atoms with Gasteiger partial charge < -0.3 is 9.80 Å². The lowest BCUT2D eigenvalue weighted by Gasteiger charge is -2.17. The zero-order chi connectivity index (χ0) is 11.3. The van der Waals surface area contributed by atoms with Gasteiger partial charge in [-0.1, -0.05) is 0 Å². The van der Waals surface area contributed by atoms with Crippen molar-refractivity contribution in [2.45, 2.75) is 13.0 Å². The lowest BCUT2D eigenvalue weighted by atomic mass is 10.3. The highest BCUT2D eigenvalue weighted by Crippen LogP contribution is 2.22. The molecule has 0 aliphatic heterocycles. The molecule has 0 bridgehead atoms. The average Bonchev–Trinajstić information content (AvgIpc) is 2.50. The van der Waals surface area contributed by atoms with E-state index in [-0.39, 0.29) is 0 Å². The van der Waals surface area contributed by atoms with Crippen molar-refractivity contribution in [2.24, 2.45) is 0 Å². The maximum Gasteiger partial charge on any atom is 0.0701 e. The van der Waals surface area contributed by atoms with Crippen LogP contribution in [0.15, 0.2) is 15.9 Å². The van der Waals surface area contributed by atoms with Gasteiger partial charge in [0.25, 0.3) is 0 Å². The Labute approximate surface area is 105 Å². The van der Waals surface area contributed by atoms with Crippen molar-refractivity contribution in [3.8, 4) is 0 Å². The van der Waals surface area contributed by atoms with Gasteiger partial charge in [0, 0.05) is 11.4 Å². The quantitative estimate of drug-likeness (QED) is 0.795. The van der Waals surface area contributed by atoms with Gasteiger partial charge in [-0.05, 0) is 68.7 Å². The van der Waals surface area contributed by atoms with Crippen LogP contribution in [0, 0.1) is 0 Å². The number of halogens is 1. The first-order valence-corrected chi connectivity index (χ1v) is 6.76. The Balaban J connectivity index is 2.21. The second kappa shape index (κ2) is 6.63. The Morgan fingerprint density at radius 1 is 1.20 bits per heavy atom. The highest BCUT2D eigenvalue weighted by Gasteiger charge is 2.02. The van der Waals surface area contributed by atoms with Gasteiger partial charge in [-0.25, -0.2) is 0 Å². The fourth-order valence-corrected chi connectivity index (χ4v) is 3.00. The molecule has 0 saturated heterocycles. The van der Waals surface area contributed by atoms with Gasteiger partial charge in [0.05, 0.1) is 3.79 Å². The molecule has 1 heterocycles. The minimum Gasteiger partial charge on any atom is -0.309 e. The highest BCUT2D eigenvalue weighted by atomic mass is 79.9. The molecular weight excluding hydrogens is 272 g/mol. The van der Waals surface area contributed by atoms with Crippen LogP contribution in [0.5, 0.6) is 0 Å². The zero-order valence-corrected chi connectivity index (χ0v) is 12.1. The Kier molecular flexibility index (Phi) is 5.82. The number of rotatable bonds is 6. The molecule has 0 saturated carbocycles. The maximum atomic E-state index is 3.49. The van der Waals surface area contributed by atoms with Gasteiger partial charge in [0.15, 0.2) is 0 Å². The lowest BCUT2D eigenvalue weighted by molar-refractivity contribution is 0.296. The minimum absolute atomic E-state index is 1.06. The van der Waals surface area contributed by atoms with E-state index in [0.717, 1.165) is 13.1 Å². The van der Waals surface area contributed by atoms with Crippen LogP contribution >= 0.6 is 27.3 Å². The summed E-state index contributed by atoms with van der Waals surface area (Å²) in [4.78, 5) is 6.03. The molecule has 2 nitrogen and oxygen atoms in total. The summed E-state index contributed by atoms with van der Waals surface area (Å²) in [5, 5.41) is 0. The summed E-state index contributed by atoms with van der Waals surface area (Å²) in [6, 6.07) is 4.31. The standard InChI is InChI=1S/C11H19BrN2S/c1-13(2)7-4-8-14(3)9-10-5-6-11(12)15-10/h5-6H,4,7-9H2,1-3H3. The third-order valence-electron chi connectivity index (χ3n) is 2.20. The van der Waals surface area contributed by atoms with E-state index in [2.05, 4.69) is 59.0 Å². The molecule has 4 heteroatoms. The molecule has 0 aliphatic carbocycles. The summed E-state index contributed by atoms with van der Waals surface area (Å²) in [6.45, 7) is 3.38. The number of nitrogens with zero attached hydrogens (tertiary/aromatic N) is 2. The van der Waals surface area contributed by atoms with Crippen LogP contribution in [0.2, 0.25) is 0 Å². The van der Waals surface area contributed by atoms with E-state index in [9.17, 15) is 0 Å². The molecule has 86 valence electrons. The van der Waals surface area contributed by atoms with Crippen LogP contribution in [-0.2, 0) is 6.54 Å². The van der Waals surface area contributed by atoms with Crippen LogP contribution < -0.4 is 0 Å². The van der Waals surface area contributed by atoms with Crippen LogP contribution in [0.4, 0.5) is 0 Å². The first-order valence-electron chi connectivity index (χ1n) is 5.15. The largest absolute Gasteiger partial charge is 0.309 e. The molecule has 0 aromatic carbocycles. The second-order valence-corrected chi connectivity index (χ2v) is 6.65.